The van der Waals surface area contributed by atoms with Crippen LogP contribution in [0.4, 0.5) is 0 Å². The first-order valence-corrected chi connectivity index (χ1v) is 11.9. The number of hydrogen-bond donors (Lipinski definition) is 1. The van der Waals surface area contributed by atoms with E-state index in [1.165, 1.54) is 12.0 Å². The van der Waals surface area contributed by atoms with Crippen molar-refractivity contribution in [2.45, 2.75) is 58.5 Å². The van der Waals surface area contributed by atoms with Gasteiger partial charge in [0.25, 0.3) is 5.91 Å². The molecule has 0 spiro atoms. The summed E-state index contributed by atoms with van der Waals surface area (Å²) in [5.74, 6) is -0.407. The molecule has 0 aliphatic carbocycles. The molecule has 1 atom stereocenters. The summed E-state index contributed by atoms with van der Waals surface area (Å²) in [4.78, 5) is 26.0. The number of carbonyl (C=O) groups is 2. The van der Waals surface area contributed by atoms with Crippen molar-refractivity contribution in [2.75, 3.05) is 26.3 Å². The van der Waals surface area contributed by atoms with Gasteiger partial charge in [0, 0.05) is 26.1 Å². The average Bonchev–Trinajstić information content (AvgIpc) is 2.83. The largest absolute Gasteiger partial charge is 0.484 e. The van der Waals surface area contributed by atoms with E-state index in [2.05, 4.69) is 19.1 Å². The van der Waals surface area contributed by atoms with E-state index in [0.717, 1.165) is 37.8 Å². The van der Waals surface area contributed by atoms with Crippen LogP contribution in [0.3, 0.4) is 0 Å². The summed E-state index contributed by atoms with van der Waals surface area (Å²) < 4.78 is 11.0. The molecule has 0 saturated carbocycles. The van der Waals surface area contributed by atoms with Crippen molar-refractivity contribution >= 4 is 11.9 Å². The minimum Gasteiger partial charge on any atom is -0.484 e. The number of ether oxygens (including phenoxy) is 2. The fourth-order valence-corrected chi connectivity index (χ4v) is 3.59. The van der Waals surface area contributed by atoms with Crippen LogP contribution in [-0.2, 0) is 27.2 Å². The number of carboxylic acids is 1. The standard InChI is InChI=1S/C27H37NO5/c1-3-5-6-10-18-28(19-17-22-11-8-7-9-12-22)26(29)21-33-24-15-13-23(14-16-24)20-25(27(30)31)32-4-2/h7-9,11-16,25H,3-6,10,17-21H2,1-2H3,(H,30,31). The van der Waals surface area contributed by atoms with Gasteiger partial charge in [-0.25, -0.2) is 4.79 Å². The Balaban J connectivity index is 1.89. The molecule has 2 rings (SSSR count). The Labute approximate surface area is 197 Å². The van der Waals surface area contributed by atoms with Crippen molar-refractivity contribution in [1.29, 1.82) is 0 Å². The number of carbonyl (C=O) groups excluding carboxylic acids is 1. The molecule has 0 aliphatic rings. The highest BCUT2D eigenvalue weighted by atomic mass is 16.5. The average molecular weight is 456 g/mol. The minimum absolute atomic E-state index is 0.0153. The Morgan fingerprint density at radius 1 is 0.909 bits per heavy atom. The monoisotopic (exact) mass is 455 g/mol. The number of nitrogens with zero attached hydrogens (tertiary/aromatic N) is 1. The summed E-state index contributed by atoms with van der Waals surface area (Å²) in [6.07, 6.45) is 4.69. The first kappa shape index (κ1) is 26.4. The van der Waals surface area contributed by atoms with Gasteiger partial charge >= 0.3 is 5.97 Å². The van der Waals surface area contributed by atoms with Gasteiger partial charge in [0.2, 0.25) is 0 Å². The zero-order chi connectivity index (χ0) is 23.9. The van der Waals surface area contributed by atoms with Crippen LogP contribution < -0.4 is 4.74 Å². The van der Waals surface area contributed by atoms with E-state index in [4.69, 9.17) is 9.47 Å². The molecule has 0 fully saturated rings. The van der Waals surface area contributed by atoms with Gasteiger partial charge in [-0.05, 0) is 43.0 Å². The van der Waals surface area contributed by atoms with Gasteiger partial charge in [0.05, 0.1) is 0 Å². The first-order valence-electron chi connectivity index (χ1n) is 11.9. The van der Waals surface area contributed by atoms with Crippen molar-refractivity contribution in [1.82, 2.24) is 4.90 Å². The van der Waals surface area contributed by atoms with E-state index >= 15 is 0 Å². The number of aliphatic carboxylic acids is 1. The summed E-state index contributed by atoms with van der Waals surface area (Å²) in [6.45, 7) is 5.69. The normalized spacial score (nSPS) is 11.7. The molecule has 1 unspecified atom stereocenters. The molecule has 33 heavy (non-hydrogen) atoms. The molecular weight excluding hydrogens is 418 g/mol. The molecule has 180 valence electrons. The van der Waals surface area contributed by atoms with Crippen LogP contribution in [-0.4, -0.2) is 54.3 Å². The second-order valence-corrected chi connectivity index (χ2v) is 8.10. The number of benzene rings is 2. The predicted molar refractivity (Wildman–Crippen MR) is 130 cm³/mol. The van der Waals surface area contributed by atoms with Crippen LogP contribution in [0.2, 0.25) is 0 Å². The van der Waals surface area contributed by atoms with E-state index in [9.17, 15) is 14.7 Å². The molecule has 6 heteroatoms. The molecule has 0 bridgehead atoms. The van der Waals surface area contributed by atoms with Gasteiger partial charge in [0.1, 0.15) is 5.75 Å². The highest BCUT2D eigenvalue weighted by Crippen LogP contribution is 2.15. The number of amides is 1. The van der Waals surface area contributed by atoms with Crippen LogP contribution in [0.5, 0.6) is 5.75 Å². The zero-order valence-corrected chi connectivity index (χ0v) is 19.9. The number of hydrogen-bond acceptors (Lipinski definition) is 4. The molecular formula is C27H37NO5. The van der Waals surface area contributed by atoms with Crippen LogP contribution in [0.25, 0.3) is 0 Å². The van der Waals surface area contributed by atoms with Crippen molar-refractivity contribution in [3.8, 4) is 5.75 Å². The minimum atomic E-state index is -0.975. The predicted octanol–water partition coefficient (Wildman–Crippen LogP) is 4.75. The fourth-order valence-electron chi connectivity index (χ4n) is 3.59. The lowest BCUT2D eigenvalue weighted by Gasteiger charge is -2.23. The SMILES string of the molecule is CCCCCCN(CCc1ccccc1)C(=O)COc1ccc(CC(OCC)C(=O)O)cc1. The lowest BCUT2D eigenvalue weighted by atomic mass is 10.1. The molecule has 2 aromatic carbocycles. The number of rotatable bonds is 16. The molecule has 1 amide bonds. The van der Waals surface area contributed by atoms with Gasteiger partial charge in [-0.2, -0.15) is 0 Å². The summed E-state index contributed by atoms with van der Waals surface area (Å²) in [5.41, 5.74) is 2.06. The van der Waals surface area contributed by atoms with E-state index in [0.29, 0.717) is 18.9 Å². The summed E-state index contributed by atoms with van der Waals surface area (Å²) >= 11 is 0. The second kappa shape index (κ2) is 15.1. The summed E-state index contributed by atoms with van der Waals surface area (Å²) in [6, 6.07) is 17.3. The van der Waals surface area contributed by atoms with E-state index in [1.54, 1.807) is 19.1 Å². The molecule has 0 heterocycles. The van der Waals surface area contributed by atoms with Crippen molar-refractivity contribution in [3.05, 3.63) is 65.7 Å². The molecule has 2 aromatic rings. The third kappa shape index (κ3) is 10.1. The van der Waals surface area contributed by atoms with E-state index in [1.807, 2.05) is 35.2 Å². The van der Waals surface area contributed by atoms with E-state index in [-0.39, 0.29) is 18.9 Å². The van der Waals surface area contributed by atoms with Crippen LogP contribution in [0, 0.1) is 0 Å². The van der Waals surface area contributed by atoms with Crippen LogP contribution in [0.1, 0.15) is 50.7 Å². The first-order chi connectivity index (χ1) is 16.0. The summed E-state index contributed by atoms with van der Waals surface area (Å²) in [7, 11) is 0. The highest BCUT2D eigenvalue weighted by molar-refractivity contribution is 5.77. The smallest absolute Gasteiger partial charge is 0.333 e. The van der Waals surface area contributed by atoms with Gasteiger partial charge in [-0.1, -0.05) is 68.7 Å². The Morgan fingerprint density at radius 2 is 1.64 bits per heavy atom. The number of unbranched alkanes of at least 4 members (excludes halogenated alkanes) is 3. The Hall–Kier alpha value is -2.86. The van der Waals surface area contributed by atoms with Gasteiger partial charge < -0.3 is 19.5 Å². The quantitative estimate of drug-likeness (QED) is 0.370. The summed E-state index contributed by atoms with van der Waals surface area (Å²) in [5, 5.41) is 9.23. The molecule has 0 aliphatic heterocycles. The van der Waals surface area contributed by atoms with Gasteiger partial charge in [0.15, 0.2) is 12.7 Å². The van der Waals surface area contributed by atoms with E-state index < -0.39 is 12.1 Å². The second-order valence-electron chi connectivity index (χ2n) is 8.10. The van der Waals surface area contributed by atoms with Gasteiger partial charge in [-0.15, -0.1) is 0 Å². The Kier molecular flexibility index (Phi) is 12.0. The van der Waals surface area contributed by atoms with Crippen LogP contribution in [0.15, 0.2) is 54.6 Å². The molecule has 0 aromatic heterocycles. The van der Waals surface area contributed by atoms with Crippen molar-refractivity contribution in [3.63, 3.8) is 0 Å². The fraction of sp³-hybridized carbons (Fsp3) is 0.481. The lowest BCUT2D eigenvalue weighted by Crippen LogP contribution is -2.37. The lowest BCUT2D eigenvalue weighted by molar-refractivity contribution is -0.150. The topological polar surface area (TPSA) is 76.1 Å². The van der Waals surface area contributed by atoms with Crippen LogP contribution >= 0.6 is 0 Å². The molecule has 0 radical (unpaired) electrons. The molecule has 0 saturated heterocycles. The molecule has 1 N–H and O–H groups in total. The maximum absolute atomic E-state index is 12.9. The zero-order valence-electron chi connectivity index (χ0n) is 19.9. The highest BCUT2D eigenvalue weighted by Gasteiger charge is 2.18. The number of carboxylic acid groups (broad SMARTS) is 1. The van der Waals surface area contributed by atoms with Crippen molar-refractivity contribution < 1.29 is 24.2 Å². The molecule has 6 nitrogen and oxygen atoms in total. The third-order valence-electron chi connectivity index (χ3n) is 5.50. The maximum Gasteiger partial charge on any atom is 0.333 e. The Bertz CT molecular complexity index is 822. The third-order valence-corrected chi connectivity index (χ3v) is 5.50. The Morgan fingerprint density at radius 3 is 2.27 bits per heavy atom. The maximum atomic E-state index is 12.9. The van der Waals surface area contributed by atoms with Gasteiger partial charge in [-0.3, -0.25) is 4.79 Å². The van der Waals surface area contributed by atoms with Crippen molar-refractivity contribution in [2.24, 2.45) is 0 Å².